The lowest BCUT2D eigenvalue weighted by Crippen LogP contribution is -2.46. The van der Waals surface area contributed by atoms with Gasteiger partial charge in [-0.1, -0.05) is 0 Å². The Bertz CT molecular complexity index is 207. The van der Waals surface area contributed by atoms with E-state index in [-0.39, 0.29) is 0 Å². The Labute approximate surface area is 88.1 Å². The molecule has 0 unspecified atom stereocenters. The molecule has 0 bridgehead atoms. The Balaban J connectivity index is 2.51. The Morgan fingerprint density at radius 3 is 2.33 bits per heavy atom. The van der Waals surface area contributed by atoms with Crippen molar-refractivity contribution in [2.75, 3.05) is 13.2 Å². The molecule has 90 valence electrons. The van der Waals surface area contributed by atoms with Crippen molar-refractivity contribution in [2.45, 2.75) is 44.1 Å². The largest absolute Gasteiger partial charge is 0.394 e. The van der Waals surface area contributed by atoms with E-state index in [1.54, 1.807) is 13.8 Å². The summed E-state index contributed by atoms with van der Waals surface area (Å²) in [6.07, 6.45) is -5.25. The van der Waals surface area contributed by atoms with Gasteiger partial charge in [0.05, 0.1) is 18.8 Å². The highest BCUT2D eigenvalue weighted by Gasteiger charge is 2.41. The van der Waals surface area contributed by atoms with Crippen LogP contribution in [-0.2, 0) is 9.47 Å². The number of aliphatic hydroxyl groups excluding tert-OH is 4. The molecule has 0 aromatic carbocycles. The molecule has 15 heavy (non-hydrogen) atoms. The van der Waals surface area contributed by atoms with E-state index < -0.39 is 36.8 Å². The summed E-state index contributed by atoms with van der Waals surface area (Å²) in [6, 6.07) is 0. The van der Waals surface area contributed by atoms with Gasteiger partial charge in [-0.15, -0.1) is 0 Å². The van der Waals surface area contributed by atoms with Crippen LogP contribution in [0.2, 0.25) is 0 Å². The van der Waals surface area contributed by atoms with Gasteiger partial charge in [-0.2, -0.15) is 0 Å². The van der Waals surface area contributed by atoms with Crippen molar-refractivity contribution in [3.05, 3.63) is 0 Å². The standard InChI is InChI=1S/C9H18O6/c1-9(2)4-14-8(15-9)7(13)6(12)5(11)3-10/h5-8,10-13H,3-4H2,1-2H3/t5-,6-,7+,8+/m1/s1. The highest BCUT2D eigenvalue weighted by Crippen LogP contribution is 2.25. The van der Waals surface area contributed by atoms with Gasteiger partial charge >= 0.3 is 0 Å². The van der Waals surface area contributed by atoms with E-state index in [0.29, 0.717) is 6.61 Å². The van der Waals surface area contributed by atoms with Gasteiger partial charge in [0.25, 0.3) is 0 Å². The van der Waals surface area contributed by atoms with Crippen LogP contribution in [0.5, 0.6) is 0 Å². The predicted molar refractivity (Wildman–Crippen MR) is 50.0 cm³/mol. The molecule has 6 heteroatoms. The first-order valence-corrected chi connectivity index (χ1v) is 4.82. The fourth-order valence-electron chi connectivity index (χ4n) is 1.33. The van der Waals surface area contributed by atoms with Crippen molar-refractivity contribution < 1.29 is 29.9 Å². The monoisotopic (exact) mass is 222 g/mol. The van der Waals surface area contributed by atoms with Gasteiger partial charge in [0, 0.05) is 0 Å². The van der Waals surface area contributed by atoms with Crippen molar-refractivity contribution >= 4 is 0 Å². The summed E-state index contributed by atoms with van der Waals surface area (Å²) in [4.78, 5) is 0. The molecule has 4 N–H and O–H groups in total. The molecule has 0 aromatic heterocycles. The van der Waals surface area contributed by atoms with Crippen LogP contribution < -0.4 is 0 Å². The summed E-state index contributed by atoms with van der Waals surface area (Å²) in [5.41, 5.74) is -0.518. The van der Waals surface area contributed by atoms with E-state index in [0.717, 1.165) is 0 Å². The number of ether oxygens (including phenoxy) is 2. The third-order valence-electron chi connectivity index (χ3n) is 2.24. The Morgan fingerprint density at radius 2 is 1.93 bits per heavy atom. The first kappa shape index (κ1) is 12.8. The van der Waals surface area contributed by atoms with Crippen molar-refractivity contribution in [3.8, 4) is 0 Å². The van der Waals surface area contributed by atoms with Crippen molar-refractivity contribution in [1.29, 1.82) is 0 Å². The number of hydrogen-bond donors (Lipinski definition) is 4. The number of aliphatic hydroxyl groups is 4. The summed E-state index contributed by atoms with van der Waals surface area (Å²) >= 11 is 0. The molecule has 1 heterocycles. The molecule has 0 amide bonds. The van der Waals surface area contributed by atoms with Crippen LogP contribution in [0.1, 0.15) is 13.8 Å². The van der Waals surface area contributed by atoms with Gasteiger partial charge < -0.3 is 29.9 Å². The Kier molecular flexibility index (Phi) is 4.05. The highest BCUT2D eigenvalue weighted by atomic mass is 16.7. The van der Waals surface area contributed by atoms with Crippen LogP contribution in [0.3, 0.4) is 0 Å². The van der Waals surface area contributed by atoms with Crippen LogP contribution >= 0.6 is 0 Å². The van der Waals surface area contributed by atoms with Crippen LogP contribution in [-0.4, -0.2) is 63.8 Å². The molecule has 4 atom stereocenters. The zero-order chi connectivity index (χ0) is 11.6. The molecule has 0 aliphatic carbocycles. The van der Waals surface area contributed by atoms with Gasteiger partial charge in [0.15, 0.2) is 6.29 Å². The quantitative estimate of drug-likeness (QED) is 0.448. The van der Waals surface area contributed by atoms with E-state index in [2.05, 4.69) is 0 Å². The molecule has 1 fully saturated rings. The first-order valence-electron chi connectivity index (χ1n) is 4.82. The summed E-state index contributed by atoms with van der Waals surface area (Å²) < 4.78 is 10.4. The number of rotatable bonds is 4. The van der Waals surface area contributed by atoms with Crippen molar-refractivity contribution in [3.63, 3.8) is 0 Å². The summed E-state index contributed by atoms with van der Waals surface area (Å²) in [5.74, 6) is 0. The smallest absolute Gasteiger partial charge is 0.186 e. The maximum absolute atomic E-state index is 9.58. The van der Waals surface area contributed by atoms with E-state index in [9.17, 15) is 10.2 Å². The molecule has 0 spiro atoms. The second-order valence-corrected chi connectivity index (χ2v) is 4.29. The zero-order valence-electron chi connectivity index (χ0n) is 8.83. The molecule has 0 saturated carbocycles. The molecule has 1 saturated heterocycles. The lowest BCUT2D eigenvalue weighted by atomic mass is 10.1. The van der Waals surface area contributed by atoms with E-state index in [4.69, 9.17) is 19.7 Å². The lowest BCUT2D eigenvalue weighted by Gasteiger charge is -2.26. The minimum atomic E-state index is -1.49. The average Bonchev–Trinajstić information content (AvgIpc) is 2.55. The summed E-state index contributed by atoms with van der Waals surface area (Å²) in [6.45, 7) is 3.24. The molecule has 6 nitrogen and oxygen atoms in total. The average molecular weight is 222 g/mol. The van der Waals surface area contributed by atoms with Crippen LogP contribution in [0.4, 0.5) is 0 Å². The van der Waals surface area contributed by atoms with Gasteiger partial charge in [0.1, 0.15) is 18.3 Å². The third kappa shape index (κ3) is 3.10. The van der Waals surface area contributed by atoms with Gasteiger partial charge in [0.2, 0.25) is 0 Å². The molecular weight excluding hydrogens is 204 g/mol. The minimum absolute atomic E-state index is 0.302. The van der Waals surface area contributed by atoms with Gasteiger partial charge in [-0.05, 0) is 13.8 Å². The lowest BCUT2D eigenvalue weighted by molar-refractivity contribution is -0.191. The Hall–Kier alpha value is -0.240. The SMILES string of the molecule is CC1(C)CO[C@H]([C@@H](O)[C@H](O)[C@H](O)CO)O1. The summed E-state index contributed by atoms with van der Waals surface area (Å²) in [7, 11) is 0. The van der Waals surface area contributed by atoms with Gasteiger partial charge in [-0.3, -0.25) is 0 Å². The maximum Gasteiger partial charge on any atom is 0.186 e. The van der Waals surface area contributed by atoms with Crippen molar-refractivity contribution in [2.24, 2.45) is 0 Å². The fraction of sp³-hybridized carbons (Fsp3) is 1.00. The molecule has 1 rings (SSSR count). The van der Waals surface area contributed by atoms with Crippen LogP contribution in [0.25, 0.3) is 0 Å². The molecule has 1 aliphatic heterocycles. The second-order valence-electron chi connectivity index (χ2n) is 4.29. The maximum atomic E-state index is 9.58. The topological polar surface area (TPSA) is 99.4 Å². The van der Waals surface area contributed by atoms with E-state index in [1.807, 2.05) is 0 Å². The van der Waals surface area contributed by atoms with Crippen LogP contribution in [0, 0.1) is 0 Å². The number of hydrogen-bond acceptors (Lipinski definition) is 6. The minimum Gasteiger partial charge on any atom is -0.394 e. The molecule has 1 aliphatic rings. The van der Waals surface area contributed by atoms with Crippen LogP contribution in [0.15, 0.2) is 0 Å². The van der Waals surface area contributed by atoms with E-state index in [1.165, 1.54) is 0 Å². The van der Waals surface area contributed by atoms with Crippen molar-refractivity contribution in [1.82, 2.24) is 0 Å². The predicted octanol–water partition coefficient (Wildman–Crippen LogP) is -1.79. The van der Waals surface area contributed by atoms with E-state index >= 15 is 0 Å². The molecule has 0 aromatic rings. The molecule has 0 radical (unpaired) electrons. The normalized spacial score (nSPS) is 31.2. The second kappa shape index (κ2) is 4.73. The molecular formula is C9H18O6. The van der Waals surface area contributed by atoms with Gasteiger partial charge in [-0.25, -0.2) is 0 Å². The highest BCUT2D eigenvalue weighted by molar-refractivity contribution is 4.83. The first-order chi connectivity index (χ1) is 6.87. The summed E-state index contributed by atoms with van der Waals surface area (Å²) in [5, 5.41) is 36.7. The Morgan fingerprint density at radius 1 is 1.33 bits per heavy atom. The third-order valence-corrected chi connectivity index (χ3v) is 2.24. The zero-order valence-corrected chi connectivity index (χ0v) is 8.83. The fourth-order valence-corrected chi connectivity index (χ4v) is 1.33.